The molecule has 0 bridgehead atoms. The van der Waals surface area contributed by atoms with Crippen LogP contribution in [0.2, 0.25) is 0 Å². The van der Waals surface area contributed by atoms with Gasteiger partial charge in [-0.1, -0.05) is 0 Å². The Labute approximate surface area is 73.7 Å². The third-order valence-electron chi connectivity index (χ3n) is 2.38. The predicted octanol–water partition coefficient (Wildman–Crippen LogP) is 1.03. The molecule has 0 aromatic rings. The molecule has 3 heteroatoms. The van der Waals surface area contributed by atoms with Crippen molar-refractivity contribution in [2.75, 3.05) is 19.8 Å². The zero-order valence-corrected chi connectivity index (χ0v) is 7.88. The lowest BCUT2D eigenvalue weighted by atomic mass is 10.1. The average molecular weight is 171 g/mol. The Morgan fingerprint density at radius 3 is 2.50 bits per heavy atom. The second-order valence-electron chi connectivity index (χ2n) is 3.15. The molecule has 0 aromatic carbocycles. The van der Waals surface area contributed by atoms with Gasteiger partial charge in [-0.25, -0.2) is 0 Å². The lowest BCUT2D eigenvalue weighted by molar-refractivity contribution is -0.132. The first-order chi connectivity index (χ1) is 5.75. The topological polar surface area (TPSA) is 29.5 Å². The number of hydrogen-bond acceptors (Lipinski definition) is 2. The number of carbonyl (C=O) groups excluding carboxylic acids is 1. The second-order valence-corrected chi connectivity index (χ2v) is 3.15. The minimum absolute atomic E-state index is 0.185. The van der Waals surface area contributed by atoms with Crippen LogP contribution in [-0.2, 0) is 9.53 Å². The Hall–Kier alpha value is -0.570. The van der Waals surface area contributed by atoms with E-state index in [1.165, 1.54) is 0 Å². The molecule has 12 heavy (non-hydrogen) atoms. The van der Waals surface area contributed by atoms with Crippen LogP contribution in [-0.4, -0.2) is 36.6 Å². The van der Waals surface area contributed by atoms with E-state index in [0.29, 0.717) is 6.04 Å². The zero-order chi connectivity index (χ0) is 8.97. The van der Waals surface area contributed by atoms with Crippen LogP contribution in [0.25, 0.3) is 0 Å². The maximum Gasteiger partial charge on any atom is 0.219 e. The van der Waals surface area contributed by atoms with Gasteiger partial charge in [-0.05, 0) is 19.8 Å². The molecule has 0 N–H and O–H groups in total. The molecule has 1 amide bonds. The minimum atomic E-state index is 0.185. The van der Waals surface area contributed by atoms with Crippen LogP contribution < -0.4 is 0 Å². The quantitative estimate of drug-likeness (QED) is 0.621. The molecule has 0 spiro atoms. The summed E-state index contributed by atoms with van der Waals surface area (Å²) in [4.78, 5) is 13.1. The van der Waals surface area contributed by atoms with Crippen LogP contribution >= 0.6 is 0 Å². The first-order valence-electron chi connectivity index (χ1n) is 4.60. The molecule has 1 rings (SSSR count). The Bertz CT molecular complexity index is 153. The van der Waals surface area contributed by atoms with Crippen molar-refractivity contribution in [2.24, 2.45) is 0 Å². The van der Waals surface area contributed by atoms with Crippen LogP contribution in [0.3, 0.4) is 0 Å². The van der Waals surface area contributed by atoms with Gasteiger partial charge in [0.05, 0.1) is 0 Å². The van der Waals surface area contributed by atoms with Crippen molar-refractivity contribution in [2.45, 2.75) is 32.7 Å². The summed E-state index contributed by atoms with van der Waals surface area (Å²) in [7, 11) is 0. The molecule has 1 heterocycles. The van der Waals surface area contributed by atoms with Gasteiger partial charge in [-0.3, -0.25) is 4.79 Å². The first kappa shape index (κ1) is 9.52. The molecular formula is C9H17NO2. The largest absolute Gasteiger partial charge is 0.381 e. The molecule has 0 aliphatic carbocycles. The van der Waals surface area contributed by atoms with Crippen molar-refractivity contribution in [1.82, 2.24) is 4.90 Å². The number of ether oxygens (including phenoxy) is 1. The van der Waals surface area contributed by atoms with Crippen LogP contribution in [0.1, 0.15) is 26.7 Å². The van der Waals surface area contributed by atoms with Crippen molar-refractivity contribution in [3.05, 3.63) is 0 Å². The van der Waals surface area contributed by atoms with Gasteiger partial charge in [-0.2, -0.15) is 0 Å². The zero-order valence-electron chi connectivity index (χ0n) is 7.88. The van der Waals surface area contributed by atoms with E-state index >= 15 is 0 Å². The van der Waals surface area contributed by atoms with Gasteiger partial charge in [0.2, 0.25) is 5.91 Å². The van der Waals surface area contributed by atoms with Gasteiger partial charge in [0, 0.05) is 32.7 Å². The van der Waals surface area contributed by atoms with Gasteiger partial charge in [0.25, 0.3) is 0 Å². The third kappa shape index (κ3) is 2.21. The van der Waals surface area contributed by atoms with Crippen molar-refractivity contribution in [3.63, 3.8) is 0 Å². The summed E-state index contributed by atoms with van der Waals surface area (Å²) in [6.07, 6.45) is 1.99. The SMILES string of the molecule is CCN(C(C)=O)C1CCOCC1. The Kier molecular flexibility index (Phi) is 3.53. The van der Waals surface area contributed by atoms with Gasteiger partial charge in [0.1, 0.15) is 0 Å². The molecule has 0 aromatic heterocycles. The molecule has 1 fully saturated rings. The van der Waals surface area contributed by atoms with E-state index in [1.807, 2.05) is 11.8 Å². The standard InChI is InChI=1S/C9H17NO2/c1-3-10(8(2)11)9-4-6-12-7-5-9/h9H,3-7H2,1-2H3. The monoisotopic (exact) mass is 171 g/mol. The highest BCUT2D eigenvalue weighted by Crippen LogP contribution is 2.13. The van der Waals surface area contributed by atoms with Crippen molar-refractivity contribution >= 4 is 5.91 Å². The Balaban J connectivity index is 2.46. The first-order valence-corrected chi connectivity index (χ1v) is 4.60. The molecule has 70 valence electrons. The smallest absolute Gasteiger partial charge is 0.219 e. The van der Waals surface area contributed by atoms with Crippen molar-refractivity contribution in [1.29, 1.82) is 0 Å². The van der Waals surface area contributed by atoms with E-state index in [2.05, 4.69) is 0 Å². The second kappa shape index (κ2) is 4.45. The van der Waals surface area contributed by atoms with Gasteiger partial charge in [-0.15, -0.1) is 0 Å². The fraction of sp³-hybridized carbons (Fsp3) is 0.889. The lowest BCUT2D eigenvalue weighted by Gasteiger charge is -2.32. The van der Waals surface area contributed by atoms with Crippen LogP contribution in [0.5, 0.6) is 0 Å². The average Bonchev–Trinajstić information content (AvgIpc) is 2.07. The van der Waals surface area contributed by atoms with Crippen LogP contribution in [0.15, 0.2) is 0 Å². The summed E-state index contributed by atoms with van der Waals surface area (Å²) in [6.45, 7) is 6.08. The summed E-state index contributed by atoms with van der Waals surface area (Å²) in [5.41, 5.74) is 0. The molecule has 0 saturated carbocycles. The summed E-state index contributed by atoms with van der Waals surface area (Å²) in [5, 5.41) is 0. The van der Waals surface area contributed by atoms with Crippen molar-refractivity contribution in [3.8, 4) is 0 Å². The third-order valence-corrected chi connectivity index (χ3v) is 2.38. The van der Waals surface area contributed by atoms with Gasteiger partial charge < -0.3 is 9.64 Å². The van der Waals surface area contributed by atoms with Crippen LogP contribution in [0, 0.1) is 0 Å². The number of carbonyl (C=O) groups is 1. The molecule has 0 radical (unpaired) electrons. The van der Waals surface area contributed by atoms with Gasteiger partial charge in [0.15, 0.2) is 0 Å². The van der Waals surface area contributed by atoms with E-state index in [9.17, 15) is 4.79 Å². The highest BCUT2D eigenvalue weighted by Gasteiger charge is 2.21. The molecular weight excluding hydrogens is 154 g/mol. The summed E-state index contributed by atoms with van der Waals surface area (Å²) in [6, 6.07) is 0.418. The Morgan fingerprint density at radius 1 is 1.50 bits per heavy atom. The molecule has 1 aliphatic heterocycles. The van der Waals surface area contributed by atoms with Gasteiger partial charge >= 0.3 is 0 Å². The lowest BCUT2D eigenvalue weighted by Crippen LogP contribution is -2.42. The molecule has 3 nitrogen and oxygen atoms in total. The molecule has 1 aliphatic rings. The maximum absolute atomic E-state index is 11.2. The fourth-order valence-corrected chi connectivity index (χ4v) is 1.73. The maximum atomic E-state index is 11.2. The predicted molar refractivity (Wildman–Crippen MR) is 46.9 cm³/mol. The van der Waals surface area contributed by atoms with Crippen LogP contribution in [0.4, 0.5) is 0 Å². The summed E-state index contributed by atoms with van der Waals surface area (Å²) < 4.78 is 5.24. The number of hydrogen-bond donors (Lipinski definition) is 0. The minimum Gasteiger partial charge on any atom is -0.381 e. The summed E-state index contributed by atoms with van der Waals surface area (Å²) in [5.74, 6) is 0.185. The normalized spacial score (nSPS) is 19.2. The number of nitrogens with zero attached hydrogens (tertiary/aromatic N) is 1. The van der Waals surface area contributed by atoms with E-state index in [0.717, 1.165) is 32.6 Å². The molecule has 0 unspecified atom stereocenters. The van der Waals surface area contributed by atoms with E-state index in [-0.39, 0.29) is 5.91 Å². The summed E-state index contributed by atoms with van der Waals surface area (Å²) >= 11 is 0. The van der Waals surface area contributed by atoms with E-state index in [1.54, 1.807) is 6.92 Å². The van der Waals surface area contributed by atoms with E-state index < -0.39 is 0 Å². The number of amides is 1. The Morgan fingerprint density at radius 2 is 2.08 bits per heavy atom. The van der Waals surface area contributed by atoms with Crippen molar-refractivity contribution < 1.29 is 9.53 Å². The highest BCUT2D eigenvalue weighted by atomic mass is 16.5. The highest BCUT2D eigenvalue weighted by molar-refractivity contribution is 5.73. The number of rotatable bonds is 2. The molecule has 1 saturated heterocycles. The fourth-order valence-electron chi connectivity index (χ4n) is 1.73. The van der Waals surface area contributed by atoms with E-state index in [4.69, 9.17) is 4.74 Å². The molecule has 0 atom stereocenters.